The van der Waals surface area contributed by atoms with Crippen molar-refractivity contribution >= 4 is 11.7 Å². The first kappa shape index (κ1) is 20.3. The Bertz CT molecular complexity index is 1200. The van der Waals surface area contributed by atoms with Gasteiger partial charge in [0.05, 0.1) is 14.2 Å². The van der Waals surface area contributed by atoms with Crippen LogP contribution in [0.15, 0.2) is 59.8 Å². The Morgan fingerprint density at radius 2 is 1.72 bits per heavy atom. The fourth-order valence-electron chi connectivity index (χ4n) is 4.61. The number of methoxy groups -OCH3 is 2. The molecule has 0 unspecified atom stereocenters. The molecule has 3 aromatic rings. The highest BCUT2D eigenvalue weighted by atomic mass is 16.5. The molecule has 2 aliphatic rings. The van der Waals surface area contributed by atoms with Crippen molar-refractivity contribution in [3.05, 3.63) is 65.4 Å². The Kier molecular flexibility index (Phi) is 4.77. The highest BCUT2D eigenvalue weighted by Crippen LogP contribution is 2.45. The largest absolute Gasteiger partial charge is 0.497 e. The van der Waals surface area contributed by atoms with Crippen LogP contribution in [-0.2, 0) is 4.79 Å². The number of ketones is 1. The van der Waals surface area contributed by atoms with E-state index in [1.807, 2.05) is 53.2 Å². The number of ether oxygens (including phenoxy) is 2. The zero-order valence-electron chi connectivity index (χ0n) is 18.7. The number of Topliss-reactive ketones (excluding diaryl/α,β-unsaturated/α-hetero) is 1. The van der Waals surface area contributed by atoms with Gasteiger partial charge in [0.15, 0.2) is 11.6 Å². The van der Waals surface area contributed by atoms with Crippen molar-refractivity contribution < 1.29 is 14.3 Å². The monoisotopic (exact) mass is 430 g/mol. The van der Waals surface area contributed by atoms with Gasteiger partial charge in [-0.05, 0) is 29.5 Å². The Hall–Kier alpha value is -3.61. The first-order valence-corrected chi connectivity index (χ1v) is 10.7. The summed E-state index contributed by atoms with van der Waals surface area (Å²) in [6.07, 6.45) is 1.30. The van der Waals surface area contributed by atoms with Crippen LogP contribution >= 0.6 is 0 Å². The highest BCUT2D eigenvalue weighted by Gasteiger charge is 2.41. The van der Waals surface area contributed by atoms with Crippen molar-refractivity contribution in [1.29, 1.82) is 0 Å². The lowest BCUT2D eigenvalue weighted by Crippen LogP contribution is -2.36. The van der Waals surface area contributed by atoms with Gasteiger partial charge in [-0.3, -0.25) is 4.79 Å². The molecule has 1 atom stereocenters. The summed E-state index contributed by atoms with van der Waals surface area (Å²) in [6, 6.07) is 15.3. The summed E-state index contributed by atoms with van der Waals surface area (Å²) in [7, 11) is 3.23. The van der Waals surface area contributed by atoms with Crippen molar-refractivity contribution in [1.82, 2.24) is 14.8 Å². The smallest absolute Gasteiger partial charge is 0.226 e. The molecule has 0 saturated carbocycles. The van der Waals surface area contributed by atoms with Crippen molar-refractivity contribution in [2.24, 2.45) is 5.41 Å². The van der Waals surface area contributed by atoms with Gasteiger partial charge in [0, 0.05) is 29.3 Å². The molecule has 0 spiro atoms. The van der Waals surface area contributed by atoms with E-state index in [1.54, 1.807) is 14.2 Å². The van der Waals surface area contributed by atoms with Gasteiger partial charge in [-0.15, -0.1) is 5.10 Å². The fourth-order valence-corrected chi connectivity index (χ4v) is 4.61. The van der Waals surface area contributed by atoms with Crippen LogP contribution in [0.25, 0.3) is 11.4 Å². The van der Waals surface area contributed by atoms with Crippen LogP contribution in [0.1, 0.15) is 38.3 Å². The van der Waals surface area contributed by atoms with Crippen LogP contribution in [0.5, 0.6) is 11.5 Å². The van der Waals surface area contributed by atoms with Gasteiger partial charge in [-0.1, -0.05) is 44.2 Å². The number of rotatable bonds is 4. The summed E-state index contributed by atoms with van der Waals surface area (Å²) >= 11 is 0. The molecule has 0 saturated heterocycles. The first-order valence-electron chi connectivity index (χ1n) is 10.7. The van der Waals surface area contributed by atoms with Crippen LogP contribution in [0.4, 0.5) is 5.95 Å². The molecule has 7 heteroatoms. The van der Waals surface area contributed by atoms with E-state index in [-0.39, 0.29) is 17.2 Å². The molecular weight excluding hydrogens is 404 g/mol. The number of aromatic nitrogens is 3. The number of allylic oxidation sites excluding steroid dienone is 2. The van der Waals surface area contributed by atoms with Crippen LogP contribution in [0, 0.1) is 5.41 Å². The van der Waals surface area contributed by atoms with Crippen LogP contribution < -0.4 is 14.8 Å². The Labute approximate surface area is 187 Å². The summed E-state index contributed by atoms with van der Waals surface area (Å²) in [5, 5.41) is 8.25. The number of nitrogens with zero attached hydrogens (tertiary/aromatic N) is 3. The number of hydrogen-bond donors (Lipinski definition) is 1. The zero-order valence-corrected chi connectivity index (χ0v) is 18.7. The second-order valence-electron chi connectivity index (χ2n) is 9.08. The quantitative estimate of drug-likeness (QED) is 0.651. The summed E-state index contributed by atoms with van der Waals surface area (Å²) in [5.74, 6) is 2.64. The summed E-state index contributed by atoms with van der Waals surface area (Å²) < 4.78 is 12.7. The van der Waals surface area contributed by atoms with E-state index in [9.17, 15) is 4.79 Å². The summed E-state index contributed by atoms with van der Waals surface area (Å²) in [4.78, 5) is 18.1. The predicted molar refractivity (Wildman–Crippen MR) is 122 cm³/mol. The summed E-state index contributed by atoms with van der Waals surface area (Å²) in [6.45, 7) is 4.25. The highest BCUT2D eigenvalue weighted by molar-refractivity contribution is 6.00. The molecule has 5 rings (SSSR count). The molecule has 164 valence electrons. The van der Waals surface area contributed by atoms with E-state index in [0.717, 1.165) is 28.8 Å². The molecule has 7 nitrogen and oxygen atoms in total. The normalized spacial score (nSPS) is 19.1. The Morgan fingerprint density at radius 3 is 2.38 bits per heavy atom. The van der Waals surface area contributed by atoms with Crippen molar-refractivity contribution in [3.8, 4) is 22.9 Å². The second-order valence-corrected chi connectivity index (χ2v) is 9.08. The molecule has 1 aromatic heterocycles. The fraction of sp³-hybridized carbons (Fsp3) is 0.320. The molecule has 0 radical (unpaired) electrons. The molecule has 1 aliphatic carbocycles. The summed E-state index contributed by atoms with van der Waals surface area (Å²) in [5.41, 5.74) is 3.41. The van der Waals surface area contributed by atoms with Gasteiger partial charge in [-0.2, -0.15) is 4.98 Å². The third kappa shape index (κ3) is 3.43. The predicted octanol–water partition coefficient (Wildman–Crippen LogP) is 4.62. The van der Waals surface area contributed by atoms with Crippen LogP contribution in [-0.4, -0.2) is 34.8 Å². The van der Waals surface area contributed by atoms with Crippen LogP contribution in [0.3, 0.4) is 0 Å². The SMILES string of the molecule is COc1cc(OC)cc(-c2nc3n(n2)[C@H](c2ccccc2)C2=C(CC(C)(C)CC2=O)N3)c1. The number of anilines is 1. The average molecular weight is 431 g/mol. The Morgan fingerprint density at radius 1 is 1.03 bits per heavy atom. The molecule has 32 heavy (non-hydrogen) atoms. The molecule has 1 N–H and O–H groups in total. The zero-order chi connectivity index (χ0) is 22.5. The van der Waals surface area contributed by atoms with Gasteiger partial charge in [-0.25, -0.2) is 4.68 Å². The second kappa shape index (κ2) is 7.51. The van der Waals surface area contributed by atoms with Gasteiger partial charge in [0.2, 0.25) is 5.95 Å². The lowest BCUT2D eigenvalue weighted by atomic mass is 9.73. The van der Waals surface area contributed by atoms with E-state index in [0.29, 0.717) is 29.7 Å². The van der Waals surface area contributed by atoms with Gasteiger partial charge in [0.25, 0.3) is 0 Å². The third-order valence-corrected chi connectivity index (χ3v) is 6.06. The molecule has 0 amide bonds. The molecular formula is C25H26N4O3. The van der Waals surface area contributed by atoms with E-state index < -0.39 is 0 Å². The number of carbonyl (C=O) groups excluding carboxylic acids is 1. The van der Waals surface area contributed by atoms with Gasteiger partial charge < -0.3 is 14.8 Å². The molecule has 2 aromatic carbocycles. The minimum Gasteiger partial charge on any atom is -0.497 e. The molecule has 2 heterocycles. The number of nitrogens with one attached hydrogen (secondary N) is 1. The topological polar surface area (TPSA) is 78.3 Å². The van der Waals surface area contributed by atoms with E-state index in [2.05, 4.69) is 19.2 Å². The third-order valence-electron chi connectivity index (χ3n) is 6.06. The number of carbonyl (C=O) groups is 1. The first-order chi connectivity index (χ1) is 15.4. The minimum atomic E-state index is -0.320. The Balaban J connectivity index is 1.66. The number of benzene rings is 2. The number of hydrogen-bond acceptors (Lipinski definition) is 6. The molecule has 1 aliphatic heterocycles. The van der Waals surface area contributed by atoms with E-state index in [4.69, 9.17) is 19.6 Å². The minimum absolute atomic E-state index is 0.102. The van der Waals surface area contributed by atoms with Gasteiger partial charge in [0.1, 0.15) is 17.5 Å². The van der Waals surface area contributed by atoms with Crippen molar-refractivity contribution in [2.75, 3.05) is 19.5 Å². The maximum atomic E-state index is 13.3. The van der Waals surface area contributed by atoms with Crippen LogP contribution in [0.2, 0.25) is 0 Å². The van der Waals surface area contributed by atoms with E-state index in [1.165, 1.54) is 0 Å². The molecule has 0 bridgehead atoms. The van der Waals surface area contributed by atoms with Crippen molar-refractivity contribution in [2.45, 2.75) is 32.7 Å². The lowest BCUT2D eigenvalue weighted by Gasteiger charge is -2.38. The van der Waals surface area contributed by atoms with Crippen molar-refractivity contribution in [3.63, 3.8) is 0 Å². The van der Waals surface area contributed by atoms with E-state index >= 15 is 0 Å². The maximum absolute atomic E-state index is 13.3. The lowest BCUT2D eigenvalue weighted by molar-refractivity contribution is -0.118. The number of fused-ring (bicyclic) bond motifs is 1. The maximum Gasteiger partial charge on any atom is 0.226 e. The molecule has 0 fully saturated rings. The standard InChI is InChI=1S/C25H26N4O3/c1-25(2)13-19-21(20(30)14-25)22(15-8-6-5-7-9-15)29-24(26-19)27-23(28-29)16-10-17(31-3)12-18(11-16)32-4/h5-12,22H,13-14H2,1-4H3,(H,26,27,28)/t22-/m1/s1. The average Bonchev–Trinajstić information content (AvgIpc) is 3.20. The van der Waals surface area contributed by atoms with Gasteiger partial charge >= 0.3 is 0 Å².